The number of carbonyl (C=O) groups is 1. The van der Waals surface area contributed by atoms with Crippen molar-refractivity contribution in [3.63, 3.8) is 0 Å². The molecule has 108 valence electrons. The SMILES string of the molecule is Cc1cccc(Cl)c1N1Cc2cc(Br)ccc2OCC1=O. The van der Waals surface area contributed by atoms with Gasteiger partial charge in [-0.25, -0.2) is 0 Å². The highest BCUT2D eigenvalue weighted by molar-refractivity contribution is 9.10. The number of fused-ring (bicyclic) bond motifs is 1. The van der Waals surface area contributed by atoms with Crippen LogP contribution in [0.25, 0.3) is 0 Å². The van der Waals surface area contributed by atoms with Gasteiger partial charge in [0.05, 0.1) is 17.3 Å². The number of aryl methyl sites for hydroxylation is 1. The van der Waals surface area contributed by atoms with E-state index in [0.717, 1.165) is 27.0 Å². The molecule has 1 aliphatic rings. The van der Waals surface area contributed by atoms with Crippen LogP contribution in [-0.4, -0.2) is 12.5 Å². The van der Waals surface area contributed by atoms with Gasteiger partial charge in [0.15, 0.2) is 6.61 Å². The van der Waals surface area contributed by atoms with Crippen molar-refractivity contribution in [1.29, 1.82) is 0 Å². The van der Waals surface area contributed by atoms with Crippen molar-refractivity contribution in [1.82, 2.24) is 0 Å². The third-order valence-electron chi connectivity index (χ3n) is 3.46. The van der Waals surface area contributed by atoms with E-state index in [9.17, 15) is 4.79 Å². The molecule has 1 amide bonds. The van der Waals surface area contributed by atoms with Gasteiger partial charge in [0.2, 0.25) is 0 Å². The summed E-state index contributed by atoms with van der Waals surface area (Å²) in [5, 5.41) is 0.571. The molecule has 1 aliphatic heterocycles. The van der Waals surface area contributed by atoms with Crippen LogP contribution in [0.2, 0.25) is 5.02 Å². The second-order valence-electron chi connectivity index (χ2n) is 4.93. The first-order valence-electron chi connectivity index (χ1n) is 6.53. The van der Waals surface area contributed by atoms with Crippen LogP contribution >= 0.6 is 27.5 Å². The maximum Gasteiger partial charge on any atom is 0.265 e. The van der Waals surface area contributed by atoms with Crippen LogP contribution in [0.5, 0.6) is 5.75 Å². The van der Waals surface area contributed by atoms with Crippen LogP contribution in [0.4, 0.5) is 5.69 Å². The van der Waals surface area contributed by atoms with Gasteiger partial charge in [-0.1, -0.05) is 39.7 Å². The van der Waals surface area contributed by atoms with Crippen LogP contribution in [0.1, 0.15) is 11.1 Å². The summed E-state index contributed by atoms with van der Waals surface area (Å²) >= 11 is 9.75. The van der Waals surface area contributed by atoms with Crippen molar-refractivity contribution in [2.75, 3.05) is 11.5 Å². The monoisotopic (exact) mass is 365 g/mol. The molecule has 0 unspecified atom stereocenters. The van der Waals surface area contributed by atoms with Crippen molar-refractivity contribution in [3.05, 3.63) is 57.0 Å². The molecule has 0 atom stereocenters. The lowest BCUT2D eigenvalue weighted by atomic mass is 10.1. The highest BCUT2D eigenvalue weighted by Gasteiger charge is 2.25. The molecular formula is C16H13BrClNO2. The van der Waals surface area contributed by atoms with Crippen molar-refractivity contribution >= 4 is 39.1 Å². The van der Waals surface area contributed by atoms with Crippen molar-refractivity contribution < 1.29 is 9.53 Å². The lowest BCUT2D eigenvalue weighted by Gasteiger charge is -2.23. The summed E-state index contributed by atoms with van der Waals surface area (Å²) in [6.07, 6.45) is 0. The number of ether oxygens (including phenoxy) is 1. The molecule has 0 aliphatic carbocycles. The predicted molar refractivity (Wildman–Crippen MR) is 87.0 cm³/mol. The summed E-state index contributed by atoms with van der Waals surface area (Å²) in [6, 6.07) is 11.4. The number of amides is 1. The van der Waals surface area contributed by atoms with Crippen LogP contribution < -0.4 is 9.64 Å². The Balaban J connectivity index is 2.08. The molecule has 5 heteroatoms. The Morgan fingerprint density at radius 3 is 2.86 bits per heavy atom. The van der Waals surface area contributed by atoms with Gasteiger partial charge in [-0.2, -0.15) is 0 Å². The number of anilines is 1. The second-order valence-corrected chi connectivity index (χ2v) is 6.25. The van der Waals surface area contributed by atoms with E-state index in [4.69, 9.17) is 16.3 Å². The van der Waals surface area contributed by atoms with Crippen LogP contribution in [0.3, 0.4) is 0 Å². The van der Waals surface area contributed by atoms with Crippen molar-refractivity contribution in [2.24, 2.45) is 0 Å². The van der Waals surface area contributed by atoms with Crippen LogP contribution in [-0.2, 0) is 11.3 Å². The highest BCUT2D eigenvalue weighted by Crippen LogP contribution is 2.34. The summed E-state index contributed by atoms with van der Waals surface area (Å²) in [6.45, 7) is 2.40. The fraction of sp³-hybridized carbons (Fsp3) is 0.188. The van der Waals surface area contributed by atoms with Crippen molar-refractivity contribution in [2.45, 2.75) is 13.5 Å². The Labute approximate surface area is 136 Å². The zero-order chi connectivity index (χ0) is 15.0. The maximum absolute atomic E-state index is 12.4. The van der Waals surface area contributed by atoms with E-state index in [1.54, 1.807) is 11.0 Å². The van der Waals surface area contributed by atoms with E-state index in [1.807, 2.05) is 37.3 Å². The molecule has 0 saturated heterocycles. The minimum Gasteiger partial charge on any atom is -0.483 e. The molecule has 2 aromatic rings. The minimum atomic E-state index is -0.0986. The molecule has 0 aromatic heterocycles. The Hall–Kier alpha value is -1.52. The van der Waals surface area contributed by atoms with Crippen molar-refractivity contribution in [3.8, 4) is 5.75 Å². The van der Waals surface area contributed by atoms with E-state index in [1.165, 1.54) is 0 Å². The Kier molecular flexibility index (Phi) is 3.91. The Bertz CT molecular complexity index is 697. The molecule has 0 N–H and O–H groups in total. The van der Waals surface area contributed by atoms with E-state index >= 15 is 0 Å². The Morgan fingerprint density at radius 2 is 2.10 bits per heavy atom. The molecule has 3 rings (SSSR count). The lowest BCUT2D eigenvalue weighted by molar-refractivity contribution is -0.120. The molecule has 3 nitrogen and oxygen atoms in total. The van der Waals surface area contributed by atoms with Gasteiger partial charge in [0.1, 0.15) is 5.75 Å². The van der Waals surface area contributed by atoms with Gasteiger partial charge in [0, 0.05) is 10.0 Å². The van der Waals surface area contributed by atoms with Gasteiger partial charge in [-0.3, -0.25) is 4.79 Å². The normalized spacial score (nSPS) is 14.4. The molecule has 2 aromatic carbocycles. The van der Waals surface area contributed by atoms with Gasteiger partial charge < -0.3 is 9.64 Å². The summed E-state index contributed by atoms with van der Waals surface area (Å²) in [4.78, 5) is 14.1. The molecule has 0 fully saturated rings. The Morgan fingerprint density at radius 1 is 1.29 bits per heavy atom. The van der Waals surface area contributed by atoms with Crippen LogP contribution in [0.15, 0.2) is 40.9 Å². The largest absolute Gasteiger partial charge is 0.483 e. The molecule has 0 saturated carbocycles. The number of para-hydroxylation sites is 1. The maximum atomic E-state index is 12.4. The summed E-state index contributed by atoms with van der Waals surface area (Å²) in [5.74, 6) is 0.636. The minimum absolute atomic E-state index is 0.0132. The van der Waals surface area contributed by atoms with E-state index in [-0.39, 0.29) is 12.5 Å². The number of halogens is 2. The van der Waals surface area contributed by atoms with E-state index in [2.05, 4.69) is 15.9 Å². The molecular weight excluding hydrogens is 354 g/mol. The summed E-state index contributed by atoms with van der Waals surface area (Å²) < 4.78 is 6.55. The van der Waals surface area contributed by atoms with Gasteiger partial charge in [-0.15, -0.1) is 0 Å². The molecule has 1 heterocycles. The van der Waals surface area contributed by atoms with Gasteiger partial charge >= 0.3 is 0 Å². The molecule has 0 radical (unpaired) electrons. The fourth-order valence-electron chi connectivity index (χ4n) is 2.46. The number of hydrogen-bond acceptors (Lipinski definition) is 2. The lowest BCUT2D eigenvalue weighted by Crippen LogP contribution is -2.33. The quantitative estimate of drug-likeness (QED) is 0.751. The number of benzene rings is 2. The standard InChI is InChI=1S/C16H13BrClNO2/c1-10-3-2-4-13(18)16(10)19-8-11-7-12(17)5-6-14(11)21-9-15(19)20/h2-7H,8-9H2,1H3. The molecule has 0 spiro atoms. The number of nitrogens with zero attached hydrogens (tertiary/aromatic N) is 1. The average molecular weight is 367 g/mol. The average Bonchev–Trinajstić information content (AvgIpc) is 2.59. The molecule has 0 bridgehead atoms. The smallest absolute Gasteiger partial charge is 0.265 e. The van der Waals surface area contributed by atoms with Gasteiger partial charge in [0.25, 0.3) is 5.91 Å². The first-order chi connectivity index (χ1) is 10.1. The van der Waals surface area contributed by atoms with E-state index < -0.39 is 0 Å². The summed E-state index contributed by atoms with van der Waals surface area (Å²) in [7, 11) is 0. The van der Waals surface area contributed by atoms with Gasteiger partial charge in [-0.05, 0) is 36.8 Å². The zero-order valence-corrected chi connectivity index (χ0v) is 13.7. The topological polar surface area (TPSA) is 29.5 Å². The van der Waals surface area contributed by atoms with Crippen LogP contribution in [0, 0.1) is 6.92 Å². The first kappa shape index (κ1) is 14.4. The third kappa shape index (κ3) is 2.78. The highest BCUT2D eigenvalue weighted by atomic mass is 79.9. The molecule has 21 heavy (non-hydrogen) atoms. The first-order valence-corrected chi connectivity index (χ1v) is 7.70. The fourth-order valence-corrected chi connectivity index (χ4v) is 3.19. The van der Waals surface area contributed by atoms with E-state index in [0.29, 0.717) is 11.6 Å². The zero-order valence-electron chi connectivity index (χ0n) is 11.4. The number of carbonyl (C=O) groups excluding carboxylic acids is 1. The third-order valence-corrected chi connectivity index (χ3v) is 4.26. The number of rotatable bonds is 1. The summed E-state index contributed by atoms with van der Waals surface area (Å²) in [5.41, 5.74) is 2.67. The number of hydrogen-bond donors (Lipinski definition) is 0. The second kappa shape index (κ2) is 5.70. The predicted octanol–water partition coefficient (Wildman–Crippen LogP) is 4.34.